The number of benzene rings is 1. The van der Waals surface area contributed by atoms with E-state index in [0.29, 0.717) is 39.0 Å². The van der Waals surface area contributed by atoms with Crippen molar-refractivity contribution in [1.82, 2.24) is 9.21 Å². The first-order valence-electron chi connectivity index (χ1n) is 8.43. The standard InChI is InChI=1S/C17H24N2O5S/c1-3-18(4-2)16(20)13-9-11-19(12-10-13)25(23,24)15-7-5-14(6-8-15)17(21)22/h5-8,13H,3-4,9-12H2,1-2H3,(H,21,22). The van der Waals surface area contributed by atoms with Crippen molar-refractivity contribution >= 4 is 21.9 Å². The van der Waals surface area contributed by atoms with Crippen LogP contribution >= 0.6 is 0 Å². The molecule has 7 nitrogen and oxygen atoms in total. The Morgan fingerprint density at radius 1 is 1.12 bits per heavy atom. The van der Waals surface area contributed by atoms with Gasteiger partial charge < -0.3 is 10.0 Å². The van der Waals surface area contributed by atoms with Crippen molar-refractivity contribution in [3.63, 3.8) is 0 Å². The van der Waals surface area contributed by atoms with E-state index in [1.165, 1.54) is 28.6 Å². The Morgan fingerprint density at radius 2 is 1.64 bits per heavy atom. The van der Waals surface area contributed by atoms with Crippen LogP contribution in [-0.2, 0) is 14.8 Å². The summed E-state index contributed by atoms with van der Waals surface area (Å²) in [5.74, 6) is -1.15. The third-order valence-electron chi connectivity index (χ3n) is 4.62. The second-order valence-corrected chi connectivity index (χ2v) is 7.96. The van der Waals surface area contributed by atoms with Gasteiger partial charge in [0.1, 0.15) is 0 Å². The van der Waals surface area contributed by atoms with Crippen LogP contribution in [-0.4, -0.2) is 60.8 Å². The maximum Gasteiger partial charge on any atom is 0.335 e. The van der Waals surface area contributed by atoms with Gasteiger partial charge in [0.05, 0.1) is 10.5 Å². The van der Waals surface area contributed by atoms with E-state index in [4.69, 9.17) is 5.11 Å². The lowest BCUT2D eigenvalue weighted by atomic mass is 9.96. The fraction of sp³-hybridized carbons (Fsp3) is 0.529. The van der Waals surface area contributed by atoms with Crippen LogP contribution in [0.1, 0.15) is 37.0 Å². The Labute approximate surface area is 148 Å². The van der Waals surface area contributed by atoms with E-state index in [1.807, 2.05) is 13.8 Å². The zero-order valence-corrected chi connectivity index (χ0v) is 15.3. The Bertz CT molecular complexity index is 718. The van der Waals surface area contributed by atoms with Gasteiger partial charge in [-0.15, -0.1) is 0 Å². The third kappa shape index (κ3) is 4.19. The fourth-order valence-electron chi connectivity index (χ4n) is 3.06. The summed E-state index contributed by atoms with van der Waals surface area (Å²) in [6, 6.07) is 5.19. The average molecular weight is 368 g/mol. The van der Waals surface area contributed by atoms with Gasteiger partial charge in [0.25, 0.3) is 0 Å². The minimum Gasteiger partial charge on any atom is -0.478 e. The number of amides is 1. The smallest absolute Gasteiger partial charge is 0.335 e. The van der Waals surface area contributed by atoms with E-state index in [-0.39, 0.29) is 22.3 Å². The highest BCUT2D eigenvalue weighted by atomic mass is 32.2. The van der Waals surface area contributed by atoms with Gasteiger partial charge in [0, 0.05) is 32.1 Å². The molecule has 0 aliphatic carbocycles. The van der Waals surface area contributed by atoms with Gasteiger partial charge in [-0.05, 0) is 51.0 Å². The maximum atomic E-state index is 12.7. The molecule has 0 atom stereocenters. The van der Waals surface area contributed by atoms with Crippen molar-refractivity contribution < 1.29 is 23.1 Å². The van der Waals surface area contributed by atoms with Crippen LogP contribution in [0.15, 0.2) is 29.2 Å². The summed E-state index contributed by atoms with van der Waals surface area (Å²) in [4.78, 5) is 25.1. The summed E-state index contributed by atoms with van der Waals surface area (Å²) in [7, 11) is -3.67. The molecule has 1 heterocycles. The second-order valence-electron chi connectivity index (χ2n) is 6.02. The number of carboxylic acids is 1. The summed E-state index contributed by atoms with van der Waals surface area (Å²) < 4.78 is 26.7. The minimum atomic E-state index is -3.67. The Morgan fingerprint density at radius 3 is 2.08 bits per heavy atom. The predicted octanol–water partition coefficient (Wildman–Crippen LogP) is 1.65. The molecule has 8 heteroatoms. The molecule has 0 aromatic heterocycles. The summed E-state index contributed by atoms with van der Waals surface area (Å²) in [6.45, 7) is 5.76. The SMILES string of the molecule is CCN(CC)C(=O)C1CCN(S(=O)(=O)c2ccc(C(=O)O)cc2)CC1. The molecule has 1 aromatic rings. The monoisotopic (exact) mass is 368 g/mol. The van der Waals surface area contributed by atoms with Crippen LogP contribution in [0.4, 0.5) is 0 Å². The highest BCUT2D eigenvalue weighted by Crippen LogP contribution is 2.25. The normalized spacial score (nSPS) is 16.6. The molecular weight excluding hydrogens is 344 g/mol. The summed E-state index contributed by atoms with van der Waals surface area (Å²) in [5, 5.41) is 8.90. The van der Waals surface area contributed by atoms with Crippen molar-refractivity contribution in [2.24, 2.45) is 5.92 Å². The van der Waals surface area contributed by atoms with Crippen LogP contribution < -0.4 is 0 Å². The van der Waals surface area contributed by atoms with E-state index in [0.717, 1.165) is 0 Å². The van der Waals surface area contributed by atoms with E-state index >= 15 is 0 Å². The van der Waals surface area contributed by atoms with Crippen LogP contribution in [0.3, 0.4) is 0 Å². The zero-order chi connectivity index (χ0) is 18.6. The molecule has 1 aromatic carbocycles. The molecular formula is C17H24N2O5S. The lowest BCUT2D eigenvalue weighted by molar-refractivity contribution is -0.136. The molecule has 0 bridgehead atoms. The van der Waals surface area contributed by atoms with Gasteiger partial charge in [-0.25, -0.2) is 13.2 Å². The fourth-order valence-corrected chi connectivity index (χ4v) is 4.52. The molecule has 1 amide bonds. The Balaban J connectivity index is 2.06. The largest absolute Gasteiger partial charge is 0.478 e. The molecule has 0 saturated carbocycles. The summed E-state index contributed by atoms with van der Waals surface area (Å²) in [6.07, 6.45) is 1.00. The molecule has 0 radical (unpaired) electrons. The van der Waals surface area contributed by atoms with Crippen LogP contribution in [0.5, 0.6) is 0 Å². The zero-order valence-electron chi connectivity index (χ0n) is 14.5. The van der Waals surface area contributed by atoms with Gasteiger partial charge in [-0.2, -0.15) is 4.31 Å². The Kier molecular flexibility index (Phi) is 6.18. The number of carbonyl (C=O) groups is 2. The first-order valence-corrected chi connectivity index (χ1v) is 9.87. The number of nitrogens with zero attached hydrogens (tertiary/aromatic N) is 2. The molecule has 138 valence electrons. The number of carboxylic acid groups (broad SMARTS) is 1. The molecule has 0 spiro atoms. The Hall–Kier alpha value is -1.93. The quantitative estimate of drug-likeness (QED) is 0.824. The van der Waals surface area contributed by atoms with Crippen molar-refractivity contribution in [2.75, 3.05) is 26.2 Å². The van der Waals surface area contributed by atoms with E-state index < -0.39 is 16.0 Å². The van der Waals surface area contributed by atoms with Gasteiger partial charge >= 0.3 is 5.97 Å². The minimum absolute atomic E-state index is 0.0440. The van der Waals surface area contributed by atoms with Gasteiger partial charge in [0.15, 0.2) is 0 Å². The molecule has 1 aliphatic rings. The van der Waals surface area contributed by atoms with Crippen molar-refractivity contribution in [1.29, 1.82) is 0 Å². The van der Waals surface area contributed by atoms with E-state index in [1.54, 1.807) is 4.90 Å². The van der Waals surface area contributed by atoms with Crippen molar-refractivity contribution in [3.05, 3.63) is 29.8 Å². The van der Waals surface area contributed by atoms with E-state index in [2.05, 4.69) is 0 Å². The number of sulfonamides is 1. The molecule has 2 rings (SSSR count). The highest BCUT2D eigenvalue weighted by molar-refractivity contribution is 7.89. The molecule has 1 saturated heterocycles. The summed E-state index contributed by atoms with van der Waals surface area (Å²) >= 11 is 0. The number of hydrogen-bond acceptors (Lipinski definition) is 4. The number of piperidine rings is 1. The van der Waals surface area contributed by atoms with Crippen LogP contribution in [0.2, 0.25) is 0 Å². The highest BCUT2D eigenvalue weighted by Gasteiger charge is 2.33. The predicted molar refractivity (Wildman–Crippen MR) is 92.8 cm³/mol. The van der Waals surface area contributed by atoms with Gasteiger partial charge in [0.2, 0.25) is 15.9 Å². The average Bonchev–Trinajstić information content (AvgIpc) is 2.62. The first-order chi connectivity index (χ1) is 11.8. The van der Waals surface area contributed by atoms with Gasteiger partial charge in [-0.3, -0.25) is 4.79 Å². The van der Waals surface area contributed by atoms with Crippen molar-refractivity contribution in [2.45, 2.75) is 31.6 Å². The topological polar surface area (TPSA) is 95.0 Å². The second kappa shape index (κ2) is 7.97. The lowest BCUT2D eigenvalue weighted by Gasteiger charge is -2.33. The molecule has 1 fully saturated rings. The maximum absolute atomic E-state index is 12.7. The number of carbonyl (C=O) groups excluding carboxylic acids is 1. The summed E-state index contributed by atoms with van der Waals surface area (Å²) in [5.41, 5.74) is 0.0440. The number of rotatable bonds is 6. The molecule has 1 aliphatic heterocycles. The lowest BCUT2D eigenvalue weighted by Crippen LogP contribution is -2.44. The molecule has 1 N–H and O–H groups in total. The first kappa shape index (κ1) is 19.4. The molecule has 25 heavy (non-hydrogen) atoms. The van der Waals surface area contributed by atoms with Crippen LogP contribution in [0, 0.1) is 5.92 Å². The van der Waals surface area contributed by atoms with Crippen LogP contribution in [0.25, 0.3) is 0 Å². The van der Waals surface area contributed by atoms with Crippen molar-refractivity contribution in [3.8, 4) is 0 Å². The number of aromatic carboxylic acids is 1. The number of hydrogen-bond donors (Lipinski definition) is 1. The van der Waals surface area contributed by atoms with Gasteiger partial charge in [-0.1, -0.05) is 0 Å². The van der Waals surface area contributed by atoms with E-state index in [9.17, 15) is 18.0 Å². The molecule has 0 unspecified atom stereocenters. The third-order valence-corrected chi connectivity index (χ3v) is 6.53.